The van der Waals surface area contributed by atoms with Gasteiger partial charge in [-0.2, -0.15) is 0 Å². The van der Waals surface area contributed by atoms with Crippen LogP contribution in [0.4, 0.5) is 5.69 Å². The number of nitrogens with one attached hydrogen (secondary N) is 1. The topological polar surface area (TPSA) is 55.1 Å². The zero-order valence-electron chi connectivity index (χ0n) is 6.90. The highest BCUT2D eigenvalue weighted by Crippen LogP contribution is 2.27. The summed E-state index contributed by atoms with van der Waals surface area (Å²) in [4.78, 5) is 11.3. The van der Waals surface area contributed by atoms with Crippen LogP contribution in [-0.2, 0) is 0 Å². The molecule has 0 radical (unpaired) electrons. The zero-order chi connectivity index (χ0) is 10.0. The van der Waals surface area contributed by atoms with E-state index in [0.29, 0.717) is 16.3 Å². The molecule has 0 bridgehead atoms. The number of hydrogen-bond acceptors (Lipinski definition) is 2. The highest BCUT2D eigenvalue weighted by Gasteiger charge is 2.11. The predicted octanol–water partition coefficient (Wildman–Crippen LogP) is 2.04. The SMILES string of the molecule is CNC(=O)c1cc(Br)cc(Cl)c1N. The van der Waals surface area contributed by atoms with Gasteiger partial charge in [-0.1, -0.05) is 27.5 Å². The quantitative estimate of drug-likeness (QED) is 0.762. The van der Waals surface area contributed by atoms with Crippen LogP contribution in [0.2, 0.25) is 5.02 Å². The van der Waals surface area contributed by atoms with Crippen molar-refractivity contribution >= 4 is 39.1 Å². The van der Waals surface area contributed by atoms with E-state index in [0.717, 1.165) is 4.47 Å². The summed E-state index contributed by atoms with van der Waals surface area (Å²) in [6.45, 7) is 0. The lowest BCUT2D eigenvalue weighted by Crippen LogP contribution is -2.19. The summed E-state index contributed by atoms with van der Waals surface area (Å²) in [5.41, 5.74) is 6.29. The van der Waals surface area contributed by atoms with E-state index in [-0.39, 0.29) is 5.91 Å². The van der Waals surface area contributed by atoms with E-state index in [1.807, 2.05) is 0 Å². The van der Waals surface area contributed by atoms with E-state index in [4.69, 9.17) is 17.3 Å². The summed E-state index contributed by atoms with van der Waals surface area (Å²) < 4.78 is 0.727. The van der Waals surface area contributed by atoms with Gasteiger partial charge in [0.2, 0.25) is 0 Å². The molecule has 0 heterocycles. The van der Waals surface area contributed by atoms with Gasteiger partial charge in [0.05, 0.1) is 16.3 Å². The molecule has 1 rings (SSSR count). The molecule has 0 fully saturated rings. The lowest BCUT2D eigenvalue weighted by molar-refractivity contribution is 0.0964. The smallest absolute Gasteiger partial charge is 0.253 e. The number of anilines is 1. The molecule has 0 saturated carbocycles. The fraction of sp³-hybridized carbons (Fsp3) is 0.125. The Hall–Kier alpha value is -0.740. The van der Waals surface area contributed by atoms with Crippen LogP contribution in [0.3, 0.4) is 0 Å². The van der Waals surface area contributed by atoms with Gasteiger partial charge in [-0.3, -0.25) is 4.79 Å². The van der Waals surface area contributed by atoms with Gasteiger partial charge >= 0.3 is 0 Å². The molecule has 5 heteroatoms. The van der Waals surface area contributed by atoms with Crippen LogP contribution in [-0.4, -0.2) is 13.0 Å². The van der Waals surface area contributed by atoms with E-state index < -0.39 is 0 Å². The van der Waals surface area contributed by atoms with Crippen LogP contribution >= 0.6 is 27.5 Å². The Kier molecular flexibility index (Phi) is 3.17. The second-order valence-corrected chi connectivity index (χ2v) is 3.75. The van der Waals surface area contributed by atoms with Gasteiger partial charge in [0.1, 0.15) is 0 Å². The number of benzene rings is 1. The summed E-state index contributed by atoms with van der Waals surface area (Å²) in [6.07, 6.45) is 0. The monoisotopic (exact) mass is 262 g/mol. The standard InChI is InChI=1S/C8H8BrClN2O/c1-12-8(13)5-2-4(9)3-6(10)7(5)11/h2-3H,11H2,1H3,(H,12,13). The van der Waals surface area contributed by atoms with Gasteiger partial charge in [-0.25, -0.2) is 0 Å². The fourth-order valence-corrected chi connectivity index (χ4v) is 1.72. The number of hydrogen-bond donors (Lipinski definition) is 2. The number of carbonyl (C=O) groups excluding carboxylic acids is 1. The van der Waals surface area contributed by atoms with Crippen molar-refractivity contribution in [2.75, 3.05) is 12.8 Å². The number of nitrogen functional groups attached to an aromatic ring is 1. The fourth-order valence-electron chi connectivity index (χ4n) is 0.907. The molecule has 0 aliphatic heterocycles. The molecule has 3 N–H and O–H groups in total. The van der Waals surface area contributed by atoms with Crippen molar-refractivity contribution in [3.63, 3.8) is 0 Å². The Bertz CT molecular complexity index is 354. The molecule has 0 aliphatic rings. The summed E-state index contributed by atoms with van der Waals surface area (Å²) in [5.74, 6) is -0.249. The molecule has 1 amide bonds. The highest BCUT2D eigenvalue weighted by molar-refractivity contribution is 9.10. The molecule has 0 aliphatic carbocycles. The summed E-state index contributed by atoms with van der Waals surface area (Å²) >= 11 is 9.01. The van der Waals surface area contributed by atoms with Crippen molar-refractivity contribution < 1.29 is 4.79 Å². The molecule has 0 unspecified atom stereocenters. The second kappa shape index (κ2) is 3.98. The first-order chi connectivity index (χ1) is 6.06. The van der Waals surface area contributed by atoms with Crippen LogP contribution < -0.4 is 11.1 Å². The van der Waals surface area contributed by atoms with Crippen molar-refractivity contribution in [1.82, 2.24) is 5.32 Å². The van der Waals surface area contributed by atoms with E-state index in [2.05, 4.69) is 21.2 Å². The average Bonchev–Trinajstić information content (AvgIpc) is 2.10. The van der Waals surface area contributed by atoms with Crippen molar-refractivity contribution in [1.29, 1.82) is 0 Å². The Balaban J connectivity index is 3.28. The van der Waals surface area contributed by atoms with Crippen LogP contribution in [0.25, 0.3) is 0 Å². The molecule has 70 valence electrons. The van der Waals surface area contributed by atoms with Crippen LogP contribution in [0, 0.1) is 0 Å². The molecule has 0 spiro atoms. The first-order valence-electron chi connectivity index (χ1n) is 3.53. The molecule has 0 saturated heterocycles. The Morgan fingerprint density at radius 3 is 2.77 bits per heavy atom. The van der Waals surface area contributed by atoms with E-state index in [1.165, 1.54) is 7.05 Å². The third-order valence-electron chi connectivity index (χ3n) is 1.57. The van der Waals surface area contributed by atoms with Crippen LogP contribution in [0.15, 0.2) is 16.6 Å². The van der Waals surface area contributed by atoms with Crippen molar-refractivity contribution in [2.45, 2.75) is 0 Å². The third kappa shape index (κ3) is 2.14. The molecule has 13 heavy (non-hydrogen) atoms. The average molecular weight is 264 g/mol. The predicted molar refractivity (Wildman–Crippen MR) is 57.0 cm³/mol. The minimum Gasteiger partial charge on any atom is -0.397 e. The van der Waals surface area contributed by atoms with E-state index >= 15 is 0 Å². The Morgan fingerprint density at radius 1 is 1.62 bits per heavy atom. The zero-order valence-corrected chi connectivity index (χ0v) is 9.24. The first kappa shape index (κ1) is 10.3. The van der Waals surface area contributed by atoms with Crippen molar-refractivity contribution in [2.24, 2.45) is 0 Å². The maximum absolute atomic E-state index is 11.3. The number of amides is 1. The van der Waals surface area contributed by atoms with Gasteiger partial charge in [0.15, 0.2) is 0 Å². The number of halogens is 2. The molecule has 1 aromatic carbocycles. The number of rotatable bonds is 1. The van der Waals surface area contributed by atoms with Crippen molar-refractivity contribution in [3.05, 3.63) is 27.2 Å². The molecule has 0 atom stereocenters. The molecule has 3 nitrogen and oxygen atoms in total. The van der Waals surface area contributed by atoms with Crippen molar-refractivity contribution in [3.8, 4) is 0 Å². The van der Waals surface area contributed by atoms with E-state index in [9.17, 15) is 4.79 Å². The Morgan fingerprint density at radius 2 is 2.23 bits per heavy atom. The maximum atomic E-state index is 11.3. The molecule has 0 aromatic heterocycles. The number of nitrogens with two attached hydrogens (primary N) is 1. The summed E-state index contributed by atoms with van der Waals surface area (Å²) in [5, 5.41) is 2.85. The molecule has 1 aromatic rings. The third-order valence-corrected chi connectivity index (χ3v) is 2.34. The molecular weight excluding hydrogens is 255 g/mol. The largest absolute Gasteiger partial charge is 0.397 e. The van der Waals surface area contributed by atoms with Gasteiger partial charge in [0, 0.05) is 11.5 Å². The Labute approximate surface area is 89.4 Å². The first-order valence-corrected chi connectivity index (χ1v) is 4.70. The van der Waals surface area contributed by atoms with Crippen LogP contribution in [0.5, 0.6) is 0 Å². The minimum atomic E-state index is -0.249. The summed E-state index contributed by atoms with van der Waals surface area (Å²) in [7, 11) is 1.54. The van der Waals surface area contributed by atoms with Gasteiger partial charge in [0.25, 0.3) is 5.91 Å². The number of carbonyl (C=O) groups is 1. The van der Waals surface area contributed by atoms with Gasteiger partial charge in [-0.05, 0) is 12.1 Å². The van der Waals surface area contributed by atoms with E-state index in [1.54, 1.807) is 12.1 Å². The minimum absolute atomic E-state index is 0.249. The second-order valence-electron chi connectivity index (χ2n) is 2.43. The molecular formula is C8H8BrClN2O. The van der Waals surface area contributed by atoms with Gasteiger partial charge in [-0.15, -0.1) is 0 Å². The summed E-state index contributed by atoms with van der Waals surface area (Å²) in [6, 6.07) is 3.27. The maximum Gasteiger partial charge on any atom is 0.253 e. The van der Waals surface area contributed by atoms with Gasteiger partial charge < -0.3 is 11.1 Å². The lowest BCUT2D eigenvalue weighted by Gasteiger charge is -2.06. The normalized spacial score (nSPS) is 9.77. The highest BCUT2D eigenvalue weighted by atomic mass is 79.9. The van der Waals surface area contributed by atoms with Crippen LogP contribution in [0.1, 0.15) is 10.4 Å². The lowest BCUT2D eigenvalue weighted by atomic mass is 10.1.